The van der Waals surface area contributed by atoms with Crippen LogP contribution in [0.1, 0.15) is 26.2 Å². The summed E-state index contributed by atoms with van der Waals surface area (Å²) in [5.41, 5.74) is -0.252. The van der Waals surface area contributed by atoms with Crippen molar-refractivity contribution in [3.63, 3.8) is 0 Å². The summed E-state index contributed by atoms with van der Waals surface area (Å²) in [5.74, 6) is -1.06. The quantitative estimate of drug-likeness (QED) is 0.877. The lowest BCUT2D eigenvalue weighted by atomic mass is 9.93. The molecule has 0 saturated carbocycles. The maximum atomic E-state index is 12.1. The molecule has 1 aromatic rings. The number of halogens is 1. The predicted octanol–water partition coefficient (Wildman–Crippen LogP) is 2.61. The Morgan fingerprint density at radius 1 is 1.38 bits per heavy atom. The van der Waals surface area contributed by atoms with Gasteiger partial charge in [0, 0.05) is 10.7 Å². The van der Waals surface area contributed by atoms with E-state index in [4.69, 9.17) is 11.6 Å². The molecule has 6 heteroatoms. The van der Waals surface area contributed by atoms with Crippen LogP contribution in [0, 0.1) is 0 Å². The number of aliphatic carboxylic acids is 1. The summed E-state index contributed by atoms with van der Waals surface area (Å²) in [6.45, 7) is 2.57. The maximum absolute atomic E-state index is 12.1. The molecule has 1 aliphatic heterocycles. The van der Waals surface area contributed by atoms with E-state index in [2.05, 4.69) is 5.32 Å². The third-order valence-electron chi connectivity index (χ3n) is 4.07. The van der Waals surface area contributed by atoms with Crippen molar-refractivity contribution in [1.82, 2.24) is 4.90 Å². The highest BCUT2D eigenvalue weighted by molar-refractivity contribution is 6.30. The number of carboxylic acids is 1. The Balaban J connectivity index is 2.01. The molecule has 1 heterocycles. The molecule has 1 amide bonds. The first-order chi connectivity index (χ1) is 9.98. The van der Waals surface area contributed by atoms with E-state index >= 15 is 0 Å². The molecule has 0 spiro atoms. The molecule has 0 bridgehead atoms. The van der Waals surface area contributed by atoms with E-state index in [1.54, 1.807) is 29.2 Å². The van der Waals surface area contributed by atoms with Gasteiger partial charge < -0.3 is 10.4 Å². The van der Waals surface area contributed by atoms with Gasteiger partial charge in [-0.2, -0.15) is 0 Å². The third-order valence-corrected chi connectivity index (χ3v) is 4.32. The number of nitrogens with zero attached hydrogens (tertiary/aromatic N) is 1. The van der Waals surface area contributed by atoms with E-state index in [-0.39, 0.29) is 12.5 Å². The number of carboxylic acid groups (broad SMARTS) is 1. The van der Waals surface area contributed by atoms with Crippen LogP contribution in [0.5, 0.6) is 0 Å². The molecule has 5 nitrogen and oxygen atoms in total. The second-order valence-electron chi connectivity index (χ2n) is 5.27. The molecule has 1 aromatic carbocycles. The number of amides is 1. The minimum absolute atomic E-state index is 0.0861. The Bertz CT molecular complexity index is 532. The smallest absolute Gasteiger partial charge is 0.324 e. The average Bonchev–Trinajstić information content (AvgIpc) is 2.85. The zero-order valence-corrected chi connectivity index (χ0v) is 12.7. The van der Waals surface area contributed by atoms with Gasteiger partial charge in [0.05, 0.1) is 6.54 Å². The fraction of sp³-hybridized carbons (Fsp3) is 0.467. The summed E-state index contributed by atoms with van der Waals surface area (Å²) < 4.78 is 0. The van der Waals surface area contributed by atoms with Gasteiger partial charge in [0.15, 0.2) is 0 Å². The standard InChI is InChI=1S/C15H19ClN2O3/c1-2-15(14(20)21)8-3-9-18(15)10-13(19)17-12-6-4-11(16)5-7-12/h4-7H,2-3,8-10H2,1H3,(H,17,19)(H,20,21). The van der Waals surface area contributed by atoms with Gasteiger partial charge in [-0.05, 0) is 50.1 Å². The topological polar surface area (TPSA) is 69.6 Å². The molecular weight excluding hydrogens is 292 g/mol. The fourth-order valence-corrected chi connectivity index (χ4v) is 2.99. The molecule has 0 radical (unpaired) electrons. The van der Waals surface area contributed by atoms with Crippen LogP contribution in [0.3, 0.4) is 0 Å². The second kappa shape index (κ2) is 6.45. The third kappa shape index (κ3) is 3.36. The Morgan fingerprint density at radius 3 is 2.62 bits per heavy atom. The molecule has 1 fully saturated rings. The van der Waals surface area contributed by atoms with Crippen molar-refractivity contribution < 1.29 is 14.7 Å². The summed E-state index contributed by atoms with van der Waals surface area (Å²) in [6, 6.07) is 6.82. The van der Waals surface area contributed by atoms with Gasteiger partial charge in [-0.1, -0.05) is 18.5 Å². The molecule has 2 N–H and O–H groups in total. The number of carbonyl (C=O) groups excluding carboxylic acids is 1. The summed E-state index contributed by atoms with van der Waals surface area (Å²) in [7, 11) is 0. The highest BCUT2D eigenvalue weighted by Crippen LogP contribution is 2.32. The minimum atomic E-state index is -0.905. The summed E-state index contributed by atoms with van der Waals surface area (Å²) in [6.07, 6.45) is 1.89. The van der Waals surface area contributed by atoms with Crippen LogP contribution in [0.25, 0.3) is 0 Å². The number of nitrogens with one attached hydrogen (secondary N) is 1. The molecule has 0 aliphatic carbocycles. The first kappa shape index (κ1) is 15.8. The number of benzene rings is 1. The molecule has 1 saturated heterocycles. The predicted molar refractivity (Wildman–Crippen MR) is 81.5 cm³/mol. The minimum Gasteiger partial charge on any atom is -0.480 e. The van der Waals surface area contributed by atoms with Crippen molar-refractivity contribution in [3.8, 4) is 0 Å². The van der Waals surface area contributed by atoms with Crippen molar-refractivity contribution >= 4 is 29.2 Å². The van der Waals surface area contributed by atoms with Gasteiger partial charge in [0.2, 0.25) is 5.91 Å². The Hall–Kier alpha value is -1.59. The van der Waals surface area contributed by atoms with Crippen LogP contribution >= 0.6 is 11.6 Å². The van der Waals surface area contributed by atoms with Crippen molar-refractivity contribution in [2.24, 2.45) is 0 Å². The van der Waals surface area contributed by atoms with Gasteiger partial charge >= 0.3 is 5.97 Å². The summed E-state index contributed by atoms with van der Waals surface area (Å²) >= 11 is 5.79. The lowest BCUT2D eigenvalue weighted by Crippen LogP contribution is -2.52. The van der Waals surface area contributed by atoms with E-state index in [9.17, 15) is 14.7 Å². The fourth-order valence-electron chi connectivity index (χ4n) is 2.87. The van der Waals surface area contributed by atoms with E-state index in [1.165, 1.54) is 0 Å². The van der Waals surface area contributed by atoms with Crippen LogP contribution in [-0.4, -0.2) is 40.5 Å². The SMILES string of the molecule is CCC1(C(=O)O)CCCN1CC(=O)Nc1ccc(Cl)cc1. The molecule has 1 atom stereocenters. The van der Waals surface area contributed by atoms with Crippen LogP contribution in [0.4, 0.5) is 5.69 Å². The first-order valence-electron chi connectivity index (χ1n) is 7.02. The molecular formula is C15H19ClN2O3. The number of carbonyl (C=O) groups is 2. The van der Waals surface area contributed by atoms with Crippen molar-refractivity contribution in [1.29, 1.82) is 0 Å². The zero-order chi connectivity index (χ0) is 15.5. The number of hydrogen-bond acceptors (Lipinski definition) is 3. The van der Waals surface area contributed by atoms with Crippen LogP contribution in [0.15, 0.2) is 24.3 Å². The van der Waals surface area contributed by atoms with Crippen LogP contribution < -0.4 is 5.32 Å². The highest BCUT2D eigenvalue weighted by atomic mass is 35.5. The number of likely N-dealkylation sites (tertiary alicyclic amines) is 1. The summed E-state index contributed by atoms with van der Waals surface area (Å²) in [4.78, 5) is 25.4. The monoisotopic (exact) mass is 310 g/mol. The summed E-state index contributed by atoms with van der Waals surface area (Å²) in [5, 5.41) is 12.8. The molecule has 114 valence electrons. The van der Waals surface area contributed by atoms with Crippen LogP contribution in [-0.2, 0) is 9.59 Å². The van der Waals surface area contributed by atoms with Crippen molar-refractivity contribution in [2.75, 3.05) is 18.4 Å². The first-order valence-corrected chi connectivity index (χ1v) is 7.39. The number of hydrogen-bond donors (Lipinski definition) is 2. The second-order valence-corrected chi connectivity index (χ2v) is 5.71. The molecule has 1 aliphatic rings. The normalized spacial score (nSPS) is 22.2. The van der Waals surface area contributed by atoms with Crippen LogP contribution in [0.2, 0.25) is 5.02 Å². The van der Waals surface area contributed by atoms with E-state index in [0.717, 1.165) is 6.42 Å². The van der Waals surface area contributed by atoms with E-state index in [1.807, 2.05) is 6.92 Å². The number of rotatable bonds is 5. The number of anilines is 1. The van der Waals surface area contributed by atoms with Gasteiger partial charge in [0.25, 0.3) is 0 Å². The highest BCUT2D eigenvalue weighted by Gasteiger charge is 2.46. The van der Waals surface area contributed by atoms with Gasteiger partial charge in [-0.25, -0.2) is 0 Å². The van der Waals surface area contributed by atoms with Crippen molar-refractivity contribution in [3.05, 3.63) is 29.3 Å². The molecule has 1 unspecified atom stereocenters. The maximum Gasteiger partial charge on any atom is 0.324 e. The Labute approximate surface area is 128 Å². The van der Waals surface area contributed by atoms with Gasteiger partial charge in [0.1, 0.15) is 5.54 Å². The van der Waals surface area contributed by atoms with Gasteiger partial charge in [-0.3, -0.25) is 14.5 Å². The van der Waals surface area contributed by atoms with Gasteiger partial charge in [-0.15, -0.1) is 0 Å². The molecule has 2 rings (SSSR count). The van der Waals surface area contributed by atoms with Crippen molar-refractivity contribution in [2.45, 2.75) is 31.7 Å². The zero-order valence-electron chi connectivity index (χ0n) is 11.9. The molecule has 21 heavy (non-hydrogen) atoms. The largest absolute Gasteiger partial charge is 0.480 e. The lowest BCUT2D eigenvalue weighted by Gasteiger charge is -2.33. The average molecular weight is 311 g/mol. The Kier molecular flexibility index (Phi) is 4.85. The van der Waals surface area contributed by atoms with E-state index < -0.39 is 11.5 Å². The molecule has 0 aromatic heterocycles. The lowest BCUT2D eigenvalue weighted by molar-refractivity contribution is -0.150. The Morgan fingerprint density at radius 2 is 2.05 bits per heavy atom. The van der Waals surface area contributed by atoms with E-state index in [0.29, 0.717) is 30.1 Å².